The number of aromatic nitrogens is 4. The van der Waals surface area contributed by atoms with Crippen LogP contribution in [0.1, 0.15) is 6.23 Å². The maximum absolute atomic E-state index is 10.2. The Bertz CT molecular complexity index is 672. The minimum Gasteiger partial charge on any atom is -0.387 e. The van der Waals surface area contributed by atoms with Gasteiger partial charge in [-0.1, -0.05) is 12.2 Å². The lowest BCUT2D eigenvalue weighted by molar-refractivity contribution is -0.0245. The zero-order valence-corrected chi connectivity index (χ0v) is 11.1. The molecule has 2 aromatic heterocycles. The Morgan fingerprint density at radius 3 is 2.86 bits per heavy atom. The van der Waals surface area contributed by atoms with Gasteiger partial charge in [0.15, 0.2) is 17.7 Å². The summed E-state index contributed by atoms with van der Waals surface area (Å²) in [6.45, 7) is 0.325. The van der Waals surface area contributed by atoms with Crippen molar-refractivity contribution in [1.29, 1.82) is 0 Å². The Hall–Kier alpha value is -2.07. The summed E-state index contributed by atoms with van der Waals surface area (Å²) in [4.78, 5) is 12.1. The SMILES string of the molecule is NC/C=C/[C@@H]1O[C@H](n2cnc3c(N)ncnc32)[C@@H](O)[C@H]1O. The fourth-order valence-corrected chi connectivity index (χ4v) is 2.34. The van der Waals surface area contributed by atoms with E-state index < -0.39 is 24.5 Å². The molecule has 0 saturated carbocycles. The molecule has 3 heterocycles. The zero-order chi connectivity index (χ0) is 15.0. The van der Waals surface area contributed by atoms with Crippen molar-refractivity contribution in [3.05, 3.63) is 24.8 Å². The maximum Gasteiger partial charge on any atom is 0.167 e. The maximum atomic E-state index is 10.2. The van der Waals surface area contributed by atoms with Crippen LogP contribution in [0.25, 0.3) is 11.2 Å². The second-order valence-electron chi connectivity index (χ2n) is 4.72. The van der Waals surface area contributed by atoms with Crippen LogP contribution in [0.4, 0.5) is 5.82 Å². The van der Waals surface area contributed by atoms with E-state index in [0.717, 1.165) is 0 Å². The molecule has 0 aliphatic carbocycles. The van der Waals surface area contributed by atoms with Crippen molar-refractivity contribution in [2.24, 2.45) is 5.73 Å². The van der Waals surface area contributed by atoms with Crippen molar-refractivity contribution in [3.8, 4) is 0 Å². The molecule has 2 aromatic rings. The van der Waals surface area contributed by atoms with Gasteiger partial charge < -0.3 is 26.4 Å². The highest BCUT2D eigenvalue weighted by molar-refractivity contribution is 5.81. The molecule has 0 unspecified atom stereocenters. The first-order valence-corrected chi connectivity index (χ1v) is 6.45. The molecular weight excluding hydrogens is 276 g/mol. The number of rotatable bonds is 3. The lowest BCUT2D eigenvalue weighted by atomic mass is 10.1. The average molecular weight is 292 g/mol. The largest absolute Gasteiger partial charge is 0.387 e. The van der Waals surface area contributed by atoms with Crippen LogP contribution in [-0.2, 0) is 4.74 Å². The third-order valence-corrected chi connectivity index (χ3v) is 3.40. The van der Waals surface area contributed by atoms with E-state index >= 15 is 0 Å². The Balaban J connectivity index is 1.96. The number of hydrogen-bond acceptors (Lipinski definition) is 8. The number of aliphatic hydroxyl groups excluding tert-OH is 2. The van der Waals surface area contributed by atoms with E-state index in [0.29, 0.717) is 17.7 Å². The van der Waals surface area contributed by atoms with E-state index in [9.17, 15) is 10.2 Å². The van der Waals surface area contributed by atoms with Crippen molar-refractivity contribution in [2.75, 3.05) is 12.3 Å². The van der Waals surface area contributed by atoms with Crippen LogP contribution in [0.2, 0.25) is 0 Å². The molecule has 0 bridgehead atoms. The van der Waals surface area contributed by atoms with Crippen molar-refractivity contribution < 1.29 is 14.9 Å². The highest BCUT2D eigenvalue weighted by Gasteiger charge is 2.43. The standard InChI is InChI=1S/C12H16N6O3/c13-3-1-2-6-8(19)9(20)12(21-6)18-5-17-7-10(14)15-4-16-11(7)18/h1-2,4-6,8-9,12,19-20H,3,13H2,(H2,14,15,16)/b2-1+/t6-,8-,9-,12-/m0/s1. The highest BCUT2D eigenvalue weighted by Crippen LogP contribution is 2.32. The minimum atomic E-state index is -1.12. The summed E-state index contributed by atoms with van der Waals surface area (Å²) in [5.41, 5.74) is 11.9. The second-order valence-corrected chi connectivity index (χ2v) is 4.72. The van der Waals surface area contributed by atoms with Gasteiger partial charge in [-0.2, -0.15) is 0 Å². The lowest BCUT2D eigenvalue weighted by Crippen LogP contribution is -2.30. The summed E-state index contributed by atoms with van der Waals surface area (Å²) in [5.74, 6) is 0.242. The molecule has 21 heavy (non-hydrogen) atoms. The third-order valence-electron chi connectivity index (χ3n) is 3.40. The molecule has 0 aromatic carbocycles. The number of ether oxygens (including phenoxy) is 1. The van der Waals surface area contributed by atoms with Crippen LogP contribution in [0.3, 0.4) is 0 Å². The van der Waals surface area contributed by atoms with Crippen LogP contribution in [-0.4, -0.2) is 54.6 Å². The zero-order valence-electron chi connectivity index (χ0n) is 11.1. The molecule has 0 radical (unpaired) electrons. The van der Waals surface area contributed by atoms with Gasteiger partial charge in [-0.25, -0.2) is 15.0 Å². The van der Waals surface area contributed by atoms with Crippen molar-refractivity contribution in [3.63, 3.8) is 0 Å². The van der Waals surface area contributed by atoms with Gasteiger partial charge >= 0.3 is 0 Å². The summed E-state index contributed by atoms with van der Waals surface area (Å²) in [6, 6.07) is 0. The van der Waals surface area contributed by atoms with Crippen LogP contribution in [0.5, 0.6) is 0 Å². The first-order valence-electron chi connectivity index (χ1n) is 6.45. The predicted octanol–water partition coefficient (Wildman–Crippen LogP) is -1.46. The first-order chi connectivity index (χ1) is 10.1. The average Bonchev–Trinajstić information content (AvgIpc) is 3.02. The molecule has 0 amide bonds. The van der Waals surface area contributed by atoms with Crippen molar-refractivity contribution in [2.45, 2.75) is 24.5 Å². The number of nitrogen functional groups attached to an aromatic ring is 1. The summed E-state index contributed by atoms with van der Waals surface area (Å²) >= 11 is 0. The monoisotopic (exact) mass is 292 g/mol. The number of anilines is 1. The third kappa shape index (κ3) is 2.25. The molecule has 1 aliphatic heterocycles. The highest BCUT2D eigenvalue weighted by atomic mass is 16.6. The van der Waals surface area contributed by atoms with Gasteiger partial charge in [0, 0.05) is 6.54 Å². The van der Waals surface area contributed by atoms with Crippen LogP contribution in [0.15, 0.2) is 24.8 Å². The Morgan fingerprint density at radius 1 is 1.29 bits per heavy atom. The number of aliphatic hydroxyl groups is 2. The Morgan fingerprint density at radius 2 is 2.10 bits per heavy atom. The molecule has 4 atom stereocenters. The number of imidazole rings is 1. The topological polar surface area (TPSA) is 145 Å². The number of nitrogens with two attached hydrogens (primary N) is 2. The number of nitrogens with zero attached hydrogens (tertiary/aromatic N) is 4. The summed E-state index contributed by atoms with van der Waals surface area (Å²) in [5, 5.41) is 20.2. The molecular formula is C12H16N6O3. The van der Waals surface area contributed by atoms with Gasteiger partial charge in [0.05, 0.1) is 6.33 Å². The smallest absolute Gasteiger partial charge is 0.167 e. The lowest BCUT2D eigenvalue weighted by Gasteiger charge is -2.16. The molecule has 6 N–H and O–H groups in total. The van der Waals surface area contributed by atoms with E-state index in [1.54, 1.807) is 12.2 Å². The summed E-state index contributed by atoms with van der Waals surface area (Å²) < 4.78 is 7.19. The quantitative estimate of drug-likeness (QED) is 0.502. The molecule has 0 spiro atoms. The molecule has 9 nitrogen and oxygen atoms in total. The molecule has 3 rings (SSSR count). The normalized spacial score (nSPS) is 29.7. The van der Waals surface area contributed by atoms with Gasteiger partial charge in [-0.15, -0.1) is 0 Å². The summed E-state index contributed by atoms with van der Waals surface area (Å²) in [6.07, 6.45) is 2.40. The Labute approximate surface area is 119 Å². The second kappa shape index (κ2) is 5.37. The summed E-state index contributed by atoms with van der Waals surface area (Å²) in [7, 11) is 0. The fourth-order valence-electron chi connectivity index (χ4n) is 2.34. The first kappa shape index (κ1) is 13.9. The minimum absolute atomic E-state index is 0.242. The molecule has 1 saturated heterocycles. The molecule has 9 heteroatoms. The fraction of sp³-hybridized carbons (Fsp3) is 0.417. The van der Waals surface area contributed by atoms with Crippen LogP contribution < -0.4 is 11.5 Å². The van der Waals surface area contributed by atoms with Crippen molar-refractivity contribution in [1.82, 2.24) is 19.5 Å². The van der Waals surface area contributed by atoms with Gasteiger partial charge in [-0.3, -0.25) is 4.57 Å². The van der Waals surface area contributed by atoms with E-state index in [4.69, 9.17) is 16.2 Å². The van der Waals surface area contributed by atoms with E-state index in [1.807, 2.05) is 0 Å². The van der Waals surface area contributed by atoms with Gasteiger partial charge in [0.25, 0.3) is 0 Å². The van der Waals surface area contributed by atoms with Crippen molar-refractivity contribution >= 4 is 17.0 Å². The number of hydrogen-bond donors (Lipinski definition) is 4. The van der Waals surface area contributed by atoms with E-state index in [1.165, 1.54) is 17.2 Å². The van der Waals surface area contributed by atoms with Crippen LogP contribution >= 0.6 is 0 Å². The van der Waals surface area contributed by atoms with Gasteiger partial charge in [0.2, 0.25) is 0 Å². The van der Waals surface area contributed by atoms with Gasteiger partial charge in [0.1, 0.15) is 30.2 Å². The predicted molar refractivity (Wildman–Crippen MR) is 73.9 cm³/mol. The van der Waals surface area contributed by atoms with Crippen LogP contribution in [0, 0.1) is 0 Å². The van der Waals surface area contributed by atoms with E-state index in [2.05, 4.69) is 15.0 Å². The molecule has 112 valence electrons. The number of fused-ring (bicyclic) bond motifs is 1. The van der Waals surface area contributed by atoms with Gasteiger partial charge in [-0.05, 0) is 0 Å². The van der Waals surface area contributed by atoms with E-state index in [-0.39, 0.29) is 5.82 Å². The Kier molecular flexibility index (Phi) is 3.55. The molecule has 1 aliphatic rings. The molecule has 1 fully saturated rings.